The lowest BCUT2D eigenvalue weighted by Gasteiger charge is -2.12. The highest BCUT2D eigenvalue weighted by atomic mass is 19.4. The number of nitrogens with one attached hydrogen (secondary N) is 1. The van der Waals surface area contributed by atoms with Crippen molar-refractivity contribution in [1.82, 2.24) is 34.7 Å². The van der Waals surface area contributed by atoms with Gasteiger partial charge >= 0.3 is 6.18 Å². The average molecular weight is 353 g/mol. The number of fused-ring (bicyclic) bond motifs is 1. The van der Waals surface area contributed by atoms with Crippen molar-refractivity contribution in [3.8, 4) is 0 Å². The van der Waals surface area contributed by atoms with Gasteiger partial charge in [0, 0.05) is 31.7 Å². The Labute approximate surface area is 139 Å². The summed E-state index contributed by atoms with van der Waals surface area (Å²) in [6.45, 7) is 2.26. The number of hydrogen-bond acceptors (Lipinski definition) is 5. The van der Waals surface area contributed by atoms with E-state index in [1.807, 2.05) is 0 Å². The SMILES string of the molecule is C[C@H](CNC(=O)c1nc2ncccn2n1)Cn1ccc(C(F)(F)F)n1. The molecule has 0 aliphatic rings. The number of aromatic nitrogens is 6. The second kappa shape index (κ2) is 6.49. The van der Waals surface area contributed by atoms with E-state index < -0.39 is 17.8 Å². The fourth-order valence-corrected chi connectivity index (χ4v) is 2.17. The van der Waals surface area contributed by atoms with Gasteiger partial charge in [-0.15, -0.1) is 5.10 Å². The van der Waals surface area contributed by atoms with Crippen molar-refractivity contribution < 1.29 is 18.0 Å². The van der Waals surface area contributed by atoms with Crippen LogP contribution < -0.4 is 5.32 Å². The number of alkyl halides is 3. The first kappa shape index (κ1) is 16.9. The van der Waals surface area contributed by atoms with Gasteiger partial charge in [0.25, 0.3) is 11.7 Å². The predicted molar refractivity (Wildman–Crippen MR) is 79.5 cm³/mol. The lowest BCUT2D eigenvalue weighted by atomic mass is 10.2. The van der Waals surface area contributed by atoms with E-state index in [0.717, 1.165) is 6.07 Å². The van der Waals surface area contributed by atoms with Crippen molar-refractivity contribution in [3.63, 3.8) is 0 Å². The molecule has 0 spiro atoms. The van der Waals surface area contributed by atoms with Gasteiger partial charge in [-0.05, 0) is 18.1 Å². The fraction of sp³-hybridized carbons (Fsp3) is 0.357. The number of carbonyl (C=O) groups excluding carboxylic acids is 1. The fourth-order valence-electron chi connectivity index (χ4n) is 2.17. The Kier molecular flexibility index (Phi) is 4.38. The van der Waals surface area contributed by atoms with Crippen LogP contribution in [0.1, 0.15) is 23.2 Å². The molecule has 1 amide bonds. The second-order valence-electron chi connectivity index (χ2n) is 5.54. The molecule has 3 heterocycles. The Morgan fingerprint density at radius 3 is 2.80 bits per heavy atom. The minimum Gasteiger partial charge on any atom is -0.349 e. The number of carbonyl (C=O) groups is 1. The maximum atomic E-state index is 12.5. The van der Waals surface area contributed by atoms with Crippen LogP contribution in [0.2, 0.25) is 0 Å². The maximum Gasteiger partial charge on any atom is 0.435 e. The largest absolute Gasteiger partial charge is 0.435 e. The van der Waals surface area contributed by atoms with Crippen molar-refractivity contribution >= 4 is 11.7 Å². The first-order valence-corrected chi connectivity index (χ1v) is 7.39. The van der Waals surface area contributed by atoms with Crippen molar-refractivity contribution in [2.75, 3.05) is 6.54 Å². The zero-order valence-electron chi connectivity index (χ0n) is 13.1. The van der Waals surface area contributed by atoms with Gasteiger partial charge in [-0.1, -0.05) is 6.92 Å². The van der Waals surface area contributed by atoms with Crippen molar-refractivity contribution in [1.29, 1.82) is 0 Å². The zero-order chi connectivity index (χ0) is 18.0. The molecule has 0 aromatic carbocycles. The molecule has 0 aliphatic carbocycles. The van der Waals surface area contributed by atoms with Crippen LogP contribution in [0, 0.1) is 5.92 Å². The average Bonchev–Trinajstić information content (AvgIpc) is 3.18. The molecule has 3 aromatic rings. The molecule has 0 saturated carbocycles. The van der Waals surface area contributed by atoms with Crippen LogP contribution in [0.15, 0.2) is 30.7 Å². The highest BCUT2D eigenvalue weighted by molar-refractivity contribution is 5.90. The van der Waals surface area contributed by atoms with E-state index in [1.54, 1.807) is 19.2 Å². The van der Waals surface area contributed by atoms with Gasteiger partial charge in [-0.25, -0.2) is 9.50 Å². The molecule has 0 saturated heterocycles. The minimum absolute atomic E-state index is 0.0238. The van der Waals surface area contributed by atoms with Crippen LogP contribution >= 0.6 is 0 Å². The van der Waals surface area contributed by atoms with Gasteiger partial charge in [0.15, 0.2) is 5.69 Å². The van der Waals surface area contributed by atoms with Crippen molar-refractivity contribution in [3.05, 3.63) is 42.2 Å². The monoisotopic (exact) mass is 353 g/mol. The molecule has 3 aromatic heterocycles. The highest BCUT2D eigenvalue weighted by Gasteiger charge is 2.33. The van der Waals surface area contributed by atoms with Crippen molar-refractivity contribution in [2.45, 2.75) is 19.6 Å². The van der Waals surface area contributed by atoms with Gasteiger partial charge in [0.2, 0.25) is 5.82 Å². The van der Waals surface area contributed by atoms with E-state index in [-0.39, 0.29) is 24.8 Å². The summed E-state index contributed by atoms with van der Waals surface area (Å²) in [5.74, 6) is -0.338. The Balaban J connectivity index is 1.55. The Bertz CT molecular complexity index is 853. The first-order chi connectivity index (χ1) is 11.8. The van der Waals surface area contributed by atoms with Crippen molar-refractivity contribution in [2.24, 2.45) is 5.92 Å². The summed E-state index contributed by atoms with van der Waals surface area (Å²) in [4.78, 5) is 20.0. The van der Waals surface area contributed by atoms with E-state index in [4.69, 9.17) is 0 Å². The number of rotatable bonds is 5. The molecular formula is C14H14F3N7O. The predicted octanol–water partition coefficient (Wildman–Crippen LogP) is 1.41. The third kappa shape index (κ3) is 3.92. The number of amides is 1. The van der Waals surface area contributed by atoms with Crippen LogP contribution in [-0.4, -0.2) is 41.8 Å². The molecule has 1 atom stereocenters. The van der Waals surface area contributed by atoms with E-state index in [1.165, 1.54) is 21.6 Å². The standard InChI is InChI=1S/C14H14F3N7O/c1-9(8-23-6-3-10(21-23)14(15,16)17)7-19-12(25)11-20-13-18-4-2-5-24(13)22-11/h2-6,9H,7-8H2,1H3,(H,19,25)/t9-/m1/s1. The van der Waals surface area contributed by atoms with Gasteiger partial charge in [-0.3, -0.25) is 9.48 Å². The normalized spacial score (nSPS) is 13.1. The van der Waals surface area contributed by atoms with Crippen LogP contribution in [0.5, 0.6) is 0 Å². The number of nitrogens with zero attached hydrogens (tertiary/aromatic N) is 6. The molecular weight excluding hydrogens is 339 g/mol. The molecule has 0 radical (unpaired) electrons. The lowest BCUT2D eigenvalue weighted by molar-refractivity contribution is -0.141. The first-order valence-electron chi connectivity index (χ1n) is 7.39. The summed E-state index contributed by atoms with van der Waals surface area (Å²) < 4.78 is 40.1. The van der Waals surface area contributed by atoms with Gasteiger partial charge in [0.05, 0.1) is 0 Å². The van der Waals surface area contributed by atoms with Gasteiger partial charge in [0.1, 0.15) is 0 Å². The molecule has 0 unspecified atom stereocenters. The Morgan fingerprint density at radius 1 is 1.32 bits per heavy atom. The highest BCUT2D eigenvalue weighted by Crippen LogP contribution is 2.27. The Hall–Kier alpha value is -2.98. The molecule has 1 N–H and O–H groups in total. The number of halogens is 3. The zero-order valence-corrected chi connectivity index (χ0v) is 13.1. The molecule has 3 rings (SSSR count). The summed E-state index contributed by atoms with van der Waals surface area (Å²) in [7, 11) is 0. The maximum absolute atomic E-state index is 12.5. The van der Waals surface area contributed by atoms with Crippen LogP contribution in [-0.2, 0) is 12.7 Å². The molecule has 0 aliphatic heterocycles. The summed E-state index contributed by atoms with van der Waals surface area (Å²) in [6, 6.07) is 2.57. The van der Waals surface area contributed by atoms with Crippen LogP contribution in [0.3, 0.4) is 0 Å². The van der Waals surface area contributed by atoms with Gasteiger partial charge in [-0.2, -0.15) is 23.3 Å². The van der Waals surface area contributed by atoms with E-state index in [0.29, 0.717) is 5.78 Å². The van der Waals surface area contributed by atoms with E-state index in [2.05, 4.69) is 25.5 Å². The Morgan fingerprint density at radius 2 is 2.12 bits per heavy atom. The molecule has 0 bridgehead atoms. The molecule has 132 valence electrons. The third-order valence-corrected chi connectivity index (χ3v) is 3.36. The van der Waals surface area contributed by atoms with Gasteiger partial charge < -0.3 is 5.32 Å². The topological polar surface area (TPSA) is 90.0 Å². The molecule has 11 heteroatoms. The van der Waals surface area contributed by atoms with Crippen LogP contribution in [0.25, 0.3) is 5.78 Å². The summed E-state index contributed by atoms with van der Waals surface area (Å²) in [5.41, 5.74) is -0.940. The minimum atomic E-state index is -4.47. The lowest BCUT2D eigenvalue weighted by Crippen LogP contribution is -2.31. The quantitative estimate of drug-likeness (QED) is 0.749. The summed E-state index contributed by atoms with van der Waals surface area (Å²) in [5, 5.41) is 10.1. The molecule has 8 nitrogen and oxygen atoms in total. The van der Waals surface area contributed by atoms with E-state index in [9.17, 15) is 18.0 Å². The van der Waals surface area contributed by atoms with E-state index >= 15 is 0 Å². The van der Waals surface area contributed by atoms with Crippen LogP contribution in [0.4, 0.5) is 13.2 Å². The molecule has 0 fully saturated rings. The second-order valence-corrected chi connectivity index (χ2v) is 5.54. The smallest absolute Gasteiger partial charge is 0.349 e. The summed E-state index contributed by atoms with van der Waals surface area (Å²) >= 11 is 0. The summed E-state index contributed by atoms with van der Waals surface area (Å²) in [6.07, 6.45) is -0.0558. The number of hydrogen-bond donors (Lipinski definition) is 1. The third-order valence-electron chi connectivity index (χ3n) is 3.36. The molecule has 25 heavy (non-hydrogen) atoms.